The highest BCUT2D eigenvalue weighted by molar-refractivity contribution is 5.74. The first-order valence-electron chi connectivity index (χ1n) is 5.27. The van der Waals surface area contributed by atoms with Crippen LogP contribution in [-0.4, -0.2) is 49.7 Å². The Hall–Kier alpha value is -0.610. The lowest BCUT2D eigenvalue weighted by Gasteiger charge is -2.26. The summed E-state index contributed by atoms with van der Waals surface area (Å²) in [4.78, 5) is 18.6. The molecule has 0 aromatic carbocycles. The van der Waals surface area contributed by atoms with Crippen molar-refractivity contribution in [1.82, 2.24) is 9.96 Å². The Morgan fingerprint density at radius 2 is 2.00 bits per heavy atom. The standard InChI is InChI=1S/C10H20N2O2/c1-11(14-2)10(13)6-9-12-7-4-3-5-8-12/h3-9H2,1-2H3. The number of hydrogen-bond acceptors (Lipinski definition) is 3. The van der Waals surface area contributed by atoms with E-state index in [-0.39, 0.29) is 5.91 Å². The minimum absolute atomic E-state index is 0.0538. The molecule has 0 bridgehead atoms. The zero-order valence-electron chi connectivity index (χ0n) is 9.16. The zero-order chi connectivity index (χ0) is 10.4. The second-order valence-corrected chi connectivity index (χ2v) is 3.73. The van der Waals surface area contributed by atoms with E-state index in [1.54, 1.807) is 7.05 Å². The van der Waals surface area contributed by atoms with Crippen molar-refractivity contribution in [3.63, 3.8) is 0 Å². The van der Waals surface area contributed by atoms with Gasteiger partial charge in [-0.2, -0.15) is 0 Å². The van der Waals surface area contributed by atoms with E-state index >= 15 is 0 Å². The van der Waals surface area contributed by atoms with Crippen LogP contribution in [-0.2, 0) is 9.63 Å². The predicted molar refractivity (Wildman–Crippen MR) is 54.7 cm³/mol. The van der Waals surface area contributed by atoms with Crippen molar-refractivity contribution in [1.29, 1.82) is 0 Å². The molecular weight excluding hydrogens is 180 g/mol. The molecule has 0 unspecified atom stereocenters. The lowest BCUT2D eigenvalue weighted by molar-refractivity contribution is -0.169. The molecule has 0 saturated carbocycles. The first-order chi connectivity index (χ1) is 6.74. The fourth-order valence-electron chi connectivity index (χ4n) is 1.70. The molecule has 1 aliphatic heterocycles. The summed E-state index contributed by atoms with van der Waals surface area (Å²) in [5.41, 5.74) is 0. The Kier molecular flexibility index (Phi) is 4.90. The van der Waals surface area contributed by atoms with Crippen LogP contribution >= 0.6 is 0 Å². The van der Waals surface area contributed by atoms with Gasteiger partial charge in [0, 0.05) is 20.0 Å². The fraction of sp³-hybridized carbons (Fsp3) is 0.900. The van der Waals surface area contributed by atoms with Crippen LogP contribution in [0.4, 0.5) is 0 Å². The van der Waals surface area contributed by atoms with Crippen molar-refractivity contribution in [2.45, 2.75) is 25.7 Å². The molecule has 14 heavy (non-hydrogen) atoms. The number of amides is 1. The Morgan fingerprint density at radius 3 is 2.57 bits per heavy atom. The molecule has 1 rings (SSSR count). The minimum atomic E-state index is 0.0538. The molecule has 0 aliphatic carbocycles. The van der Waals surface area contributed by atoms with Crippen LogP contribution in [0.5, 0.6) is 0 Å². The third-order valence-electron chi connectivity index (χ3n) is 2.72. The fourth-order valence-corrected chi connectivity index (χ4v) is 1.70. The topological polar surface area (TPSA) is 32.8 Å². The van der Waals surface area contributed by atoms with E-state index in [0.29, 0.717) is 6.42 Å². The Morgan fingerprint density at radius 1 is 1.36 bits per heavy atom. The van der Waals surface area contributed by atoms with Gasteiger partial charge in [-0.25, -0.2) is 5.06 Å². The van der Waals surface area contributed by atoms with Gasteiger partial charge in [0.1, 0.15) is 0 Å². The SMILES string of the molecule is CON(C)C(=O)CCN1CCCCC1. The maximum Gasteiger partial charge on any atom is 0.247 e. The van der Waals surface area contributed by atoms with Crippen LogP contribution in [0.15, 0.2) is 0 Å². The molecule has 0 radical (unpaired) electrons. The molecule has 1 fully saturated rings. The monoisotopic (exact) mass is 200 g/mol. The highest BCUT2D eigenvalue weighted by atomic mass is 16.7. The van der Waals surface area contributed by atoms with Gasteiger partial charge in [-0.15, -0.1) is 0 Å². The first-order valence-corrected chi connectivity index (χ1v) is 5.27. The molecule has 4 nitrogen and oxygen atoms in total. The van der Waals surface area contributed by atoms with Gasteiger partial charge in [-0.1, -0.05) is 6.42 Å². The van der Waals surface area contributed by atoms with E-state index in [1.807, 2.05) is 0 Å². The molecule has 1 heterocycles. The van der Waals surface area contributed by atoms with Gasteiger partial charge in [0.05, 0.1) is 7.11 Å². The molecule has 0 aromatic heterocycles. The van der Waals surface area contributed by atoms with E-state index in [1.165, 1.54) is 31.4 Å². The van der Waals surface area contributed by atoms with Crippen LogP contribution in [0.1, 0.15) is 25.7 Å². The Bertz CT molecular complexity index is 179. The molecule has 0 aromatic rings. The van der Waals surface area contributed by atoms with Crippen molar-refractivity contribution in [2.75, 3.05) is 33.8 Å². The number of hydrogen-bond donors (Lipinski definition) is 0. The molecular formula is C10H20N2O2. The maximum atomic E-state index is 11.4. The largest absolute Gasteiger partial charge is 0.303 e. The molecule has 82 valence electrons. The molecule has 0 N–H and O–H groups in total. The van der Waals surface area contributed by atoms with Crippen molar-refractivity contribution in [3.8, 4) is 0 Å². The number of likely N-dealkylation sites (tertiary alicyclic amines) is 1. The lowest BCUT2D eigenvalue weighted by Crippen LogP contribution is -2.34. The van der Waals surface area contributed by atoms with Crippen LogP contribution < -0.4 is 0 Å². The van der Waals surface area contributed by atoms with E-state index in [2.05, 4.69) is 4.90 Å². The van der Waals surface area contributed by atoms with Crippen LogP contribution in [0.3, 0.4) is 0 Å². The van der Waals surface area contributed by atoms with E-state index in [9.17, 15) is 4.79 Å². The van der Waals surface area contributed by atoms with Gasteiger partial charge >= 0.3 is 0 Å². The van der Waals surface area contributed by atoms with Gasteiger partial charge in [-0.05, 0) is 25.9 Å². The summed E-state index contributed by atoms with van der Waals surface area (Å²) in [6, 6.07) is 0. The van der Waals surface area contributed by atoms with E-state index < -0.39 is 0 Å². The second kappa shape index (κ2) is 5.98. The molecule has 1 saturated heterocycles. The predicted octanol–water partition coefficient (Wildman–Crippen LogP) is 0.882. The quantitative estimate of drug-likeness (QED) is 0.632. The number of carbonyl (C=O) groups excluding carboxylic acids is 1. The zero-order valence-corrected chi connectivity index (χ0v) is 9.16. The number of nitrogens with zero attached hydrogens (tertiary/aromatic N) is 2. The lowest BCUT2D eigenvalue weighted by atomic mass is 10.1. The summed E-state index contributed by atoms with van der Waals surface area (Å²) in [5, 5.41) is 1.30. The summed E-state index contributed by atoms with van der Waals surface area (Å²) in [6.45, 7) is 3.15. The molecule has 0 spiro atoms. The number of hydroxylamine groups is 2. The molecule has 1 amide bonds. The van der Waals surface area contributed by atoms with Crippen LogP contribution in [0, 0.1) is 0 Å². The van der Waals surface area contributed by atoms with Crippen molar-refractivity contribution in [3.05, 3.63) is 0 Å². The number of rotatable bonds is 4. The summed E-state index contributed by atoms with van der Waals surface area (Å²) in [6.07, 6.45) is 4.44. The van der Waals surface area contributed by atoms with Crippen molar-refractivity contribution >= 4 is 5.91 Å². The first kappa shape index (κ1) is 11.5. The van der Waals surface area contributed by atoms with Gasteiger partial charge in [-0.3, -0.25) is 9.63 Å². The number of carbonyl (C=O) groups is 1. The minimum Gasteiger partial charge on any atom is -0.303 e. The van der Waals surface area contributed by atoms with Crippen LogP contribution in [0.2, 0.25) is 0 Å². The number of piperidine rings is 1. The summed E-state index contributed by atoms with van der Waals surface area (Å²) < 4.78 is 0. The highest BCUT2D eigenvalue weighted by Crippen LogP contribution is 2.08. The average molecular weight is 200 g/mol. The normalized spacial score (nSPS) is 18.1. The van der Waals surface area contributed by atoms with Gasteiger partial charge in [0.2, 0.25) is 5.91 Å². The summed E-state index contributed by atoms with van der Waals surface area (Å²) >= 11 is 0. The molecule has 0 atom stereocenters. The Labute approximate surface area is 85.8 Å². The van der Waals surface area contributed by atoms with Gasteiger partial charge in [0.15, 0.2) is 0 Å². The smallest absolute Gasteiger partial charge is 0.247 e. The third-order valence-corrected chi connectivity index (χ3v) is 2.72. The van der Waals surface area contributed by atoms with Crippen molar-refractivity contribution in [2.24, 2.45) is 0 Å². The van der Waals surface area contributed by atoms with Gasteiger partial charge in [0.25, 0.3) is 0 Å². The molecule has 1 aliphatic rings. The Balaban J connectivity index is 2.15. The highest BCUT2D eigenvalue weighted by Gasteiger charge is 2.13. The van der Waals surface area contributed by atoms with E-state index in [4.69, 9.17) is 4.84 Å². The van der Waals surface area contributed by atoms with Crippen molar-refractivity contribution < 1.29 is 9.63 Å². The third kappa shape index (κ3) is 3.64. The average Bonchev–Trinajstić information content (AvgIpc) is 2.26. The summed E-state index contributed by atoms with van der Waals surface area (Å²) in [5.74, 6) is 0.0538. The second-order valence-electron chi connectivity index (χ2n) is 3.73. The van der Waals surface area contributed by atoms with E-state index in [0.717, 1.165) is 19.6 Å². The van der Waals surface area contributed by atoms with Crippen LogP contribution in [0.25, 0.3) is 0 Å². The summed E-state index contributed by atoms with van der Waals surface area (Å²) in [7, 11) is 3.16. The maximum absolute atomic E-state index is 11.4. The van der Waals surface area contributed by atoms with Gasteiger partial charge < -0.3 is 4.90 Å². The molecule has 4 heteroatoms.